The Morgan fingerprint density at radius 1 is 0.850 bits per heavy atom. The standard InChI is InChI=1S/C18H30O2/c1-3-5-13-7-9-18(20)16(11-13)14-8-10-17(19)15(12-14)6-4-2/h3-4,13-20H,1-2,5-12H2. The molecule has 2 saturated carbocycles. The predicted octanol–water partition coefficient (Wildman–Crippen LogP) is 3.69. The van der Waals surface area contributed by atoms with Gasteiger partial charge in [0.25, 0.3) is 0 Å². The van der Waals surface area contributed by atoms with Crippen molar-refractivity contribution in [3.8, 4) is 0 Å². The molecular weight excluding hydrogens is 248 g/mol. The molecule has 0 aliphatic heterocycles. The molecule has 0 bridgehead atoms. The summed E-state index contributed by atoms with van der Waals surface area (Å²) in [5.41, 5.74) is 0. The van der Waals surface area contributed by atoms with Crippen LogP contribution in [0.25, 0.3) is 0 Å². The minimum atomic E-state index is -0.172. The molecule has 2 rings (SSSR count). The summed E-state index contributed by atoms with van der Waals surface area (Å²) in [6.45, 7) is 7.66. The number of hydrogen-bond acceptors (Lipinski definition) is 2. The van der Waals surface area contributed by atoms with Crippen molar-refractivity contribution in [2.75, 3.05) is 0 Å². The fourth-order valence-corrected chi connectivity index (χ4v) is 4.38. The Morgan fingerprint density at radius 2 is 1.55 bits per heavy atom. The third kappa shape index (κ3) is 3.73. The van der Waals surface area contributed by atoms with E-state index in [2.05, 4.69) is 13.2 Å². The van der Waals surface area contributed by atoms with Gasteiger partial charge in [0.15, 0.2) is 0 Å². The largest absolute Gasteiger partial charge is 0.393 e. The number of aliphatic hydroxyl groups is 2. The van der Waals surface area contributed by atoms with Gasteiger partial charge >= 0.3 is 0 Å². The molecule has 2 heteroatoms. The highest BCUT2D eigenvalue weighted by Crippen LogP contribution is 2.43. The van der Waals surface area contributed by atoms with Crippen molar-refractivity contribution < 1.29 is 10.2 Å². The summed E-state index contributed by atoms with van der Waals surface area (Å²) in [6.07, 6.45) is 11.8. The van der Waals surface area contributed by atoms with Gasteiger partial charge < -0.3 is 10.2 Å². The van der Waals surface area contributed by atoms with Crippen molar-refractivity contribution in [3.63, 3.8) is 0 Å². The maximum atomic E-state index is 10.4. The quantitative estimate of drug-likeness (QED) is 0.753. The van der Waals surface area contributed by atoms with Gasteiger partial charge in [-0.1, -0.05) is 12.2 Å². The lowest BCUT2D eigenvalue weighted by molar-refractivity contribution is -0.0261. The first kappa shape index (κ1) is 15.8. The molecule has 2 N–H and O–H groups in total. The highest BCUT2D eigenvalue weighted by atomic mass is 16.3. The van der Waals surface area contributed by atoms with Crippen molar-refractivity contribution in [1.82, 2.24) is 0 Å². The van der Waals surface area contributed by atoms with Crippen LogP contribution in [0.15, 0.2) is 25.3 Å². The summed E-state index contributed by atoms with van der Waals surface area (Å²) >= 11 is 0. The molecule has 0 spiro atoms. The van der Waals surface area contributed by atoms with Crippen molar-refractivity contribution >= 4 is 0 Å². The molecular formula is C18H30O2. The average Bonchev–Trinajstić information content (AvgIpc) is 2.44. The average molecular weight is 278 g/mol. The van der Waals surface area contributed by atoms with Gasteiger partial charge in [-0.15, -0.1) is 13.2 Å². The highest BCUT2D eigenvalue weighted by molar-refractivity contribution is 4.92. The topological polar surface area (TPSA) is 40.5 Å². The smallest absolute Gasteiger partial charge is 0.0571 e. The van der Waals surface area contributed by atoms with E-state index < -0.39 is 0 Å². The molecule has 114 valence electrons. The monoisotopic (exact) mass is 278 g/mol. The third-order valence-corrected chi connectivity index (χ3v) is 5.53. The van der Waals surface area contributed by atoms with Gasteiger partial charge in [-0.3, -0.25) is 0 Å². The number of aliphatic hydroxyl groups excluding tert-OH is 2. The Labute approximate surface area is 123 Å². The second-order valence-electron chi connectivity index (χ2n) is 6.86. The zero-order chi connectivity index (χ0) is 14.5. The van der Waals surface area contributed by atoms with E-state index >= 15 is 0 Å². The molecule has 20 heavy (non-hydrogen) atoms. The fourth-order valence-electron chi connectivity index (χ4n) is 4.38. The summed E-state index contributed by atoms with van der Waals surface area (Å²) in [5.74, 6) is 2.04. The Morgan fingerprint density at radius 3 is 2.25 bits per heavy atom. The minimum Gasteiger partial charge on any atom is -0.393 e. The van der Waals surface area contributed by atoms with Crippen molar-refractivity contribution in [1.29, 1.82) is 0 Å². The summed E-state index contributed by atoms with van der Waals surface area (Å²) in [5, 5.41) is 20.5. The lowest BCUT2D eigenvalue weighted by Gasteiger charge is -2.42. The lowest BCUT2D eigenvalue weighted by Crippen LogP contribution is -2.39. The van der Waals surface area contributed by atoms with Crippen LogP contribution in [0, 0.1) is 23.7 Å². The number of allylic oxidation sites excluding steroid dienone is 2. The van der Waals surface area contributed by atoms with E-state index in [0.29, 0.717) is 23.7 Å². The molecule has 2 fully saturated rings. The second-order valence-corrected chi connectivity index (χ2v) is 6.86. The Bertz CT molecular complexity index is 325. The zero-order valence-electron chi connectivity index (χ0n) is 12.6. The van der Waals surface area contributed by atoms with Gasteiger partial charge in [0.05, 0.1) is 12.2 Å². The van der Waals surface area contributed by atoms with E-state index in [1.807, 2.05) is 12.2 Å². The van der Waals surface area contributed by atoms with Gasteiger partial charge in [-0.05, 0) is 75.0 Å². The Hall–Kier alpha value is -0.600. The van der Waals surface area contributed by atoms with E-state index in [-0.39, 0.29) is 12.2 Å². The van der Waals surface area contributed by atoms with Crippen molar-refractivity contribution in [2.45, 2.75) is 63.6 Å². The molecule has 2 aliphatic carbocycles. The summed E-state index contributed by atoms with van der Waals surface area (Å²) in [7, 11) is 0. The number of rotatable bonds is 5. The third-order valence-electron chi connectivity index (χ3n) is 5.53. The molecule has 0 aromatic rings. The molecule has 6 unspecified atom stereocenters. The SMILES string of the molecule is C=CCC1CCC(O)C(C2CCC(O)C(CC=C)C2)C1. The Kier molecular flexibility index (Phi) is 5.86. The molecule has 2 aliphatic rings. The van der Waals surface area contributed by atoms with Crippen LogP contribution in [0.2, 0.25) is 0 Å². The molecule has 0 aromatic heterocycles. The van der Waals surface area contributed by atoms with Gasteiger partial charge in [0.2, 0.25) is 0 Å². The Balaban J connectivity index is 1.97. The van der Waals surface area contributed by atoms with Crippen LogP contribution in [0.4, 0.5) is 0 Å². The molecule has 0 radical (unpaired) electrons. The van der Waals surface area contributed by atoms with Crippen LogP contribution < -0.4 is 0 Å². The van der Waals surface area contributed by atoms with Crippen LogP contribution in [0.1, 0.15) is 51.4 Å². The molecule has 6 atom stereocenters. The minimum absolute atomic E-state index is 0.138. The van der Waals surface area contributed by atoms with E-state index in [1.54, 1.807) is 0 Å². The van der Waals surface area contributed by atoms with Crippen LogP contribution in [-0.4, -0.2) is 22.4 Å². The summed E-state index contributed by atoms with van der Waals surface area (Å²) in [6, 6.07) is 0. The van der Waals surface area contributed by atoms with E-state index in [0.717, 1.165) is 51.4 Å². The first-order chi connectivity index (χ1) is 9.65. The normalized spacial score (nSPS) is 42.1. The van der Waals surface area contributed by atoms with E-state index in [4.69, 9.17) is 0 Å². The lowest BCUT2D eigenvalue weighted by atomic mass is 9.65. The maximum Gasteiger partial charge on any atom is 0.0571 e. The van der Waals surface area contributed by atoms with Crippen LogP contribution in [-0.2, 0) is 0 Å². The summed E-state index contributed by atoms with van der Waals surface area (Å²) < 4.78 is 0. The maximum absolute atomic E-state index is 10.4. The first-order valence-electron chi connectivity index (χ1n) is 8.23. The van der Waals surface area contributed by atoms with Crippen molar-refractivity contribution in [3.05, 3.63) is 25.3 Å². The van der Waals surface area contributed by atoms with Gasteiger partial charge in [-0.2, -0.15) is 0 Å². The van der Waals surface area contributed by atoms with Crippen molar-refractivity contribution in [2.24, 2.45) is 23.7 Å². The van der Waals surface area contributed by atoms with E-state index in [9.17, 15) is 10.2 Å². The van der Waals surface area contributed by atoms with Crippen LogP contribution >= 0.6 is 0 Å². The number of hydrogen-bond donors (Lipinski definition) is 2. The zero-order valence-corrected chi connectivity index (χ0v) is 12.6. The molecule has 0 amide bonds. The fraction of sp³-hybridized carbons (Fsp3) is 0.778. The first-order valence-corrected chi connectivity index (χ1v) is 8.23. The van der Waals surface area contributed by atoms with Crippen LogP contribution in [0.3, 0.4) is 0 Å². The molecule has 0 aromatic carbocycles. The molecule has 2 nitrogen and oxygen atoms in total. The van der Waals surface area contributed by atoms with E-state index in [1.165, 1.54) is 0 Å². The van der Waals surface area contributed by atoms with Gasteiger partial charge in [0, 0.05) is 0 Å². The molecule has 0 saturated heterocycles. The van der Waals surface area contributed by atoms with Crippen LogP contribution in [0.5, 0.6) is 0 Å². The highest BCUT2D eigenvalue weighted by Gasteiger charge is 2.38. The second kappa shape index (κ2) is 7.42. The van der Waals surface area contributed by atoms with Gasteiger partial charge in [-0.25, -0.2) is 0 Å². The summed E-state index contributed by atoms with van der Waals surface area (Å²) in [4.78, 5) is 0. The molecule has 0 heterocycles. The predicted molar refractivity (Wildman–Crippen MR) is 83.3 cm³/mol. The van der Waals surface area contributed by atoms with Gasteiger partial charge in [0.1, 0.15) is 0 Å².